The Morgan fingerprint density at radius 3 is 2.82 bits per heavy atom. The molecule has 0 spiro atoms. The summed E-state index contributed by atoms with van der Waals surface area (Å²) in [5.41, 5.74) is 2.89. The van der Waals surface area contributed by atoms with E-state index in [2.05, 4.69) is 15.4 Å². The molecule has 9 heteroatoms. The number of hydrogen-bond acceptors (Lipinski definition) is 7. The van der Waals surface area contributed by atoms with Crippen LogP contribution >= 0.6 is 11.6 Å². The third-order valence-corrected chi connectivity index (χ3v) is 5.77. The highest BCUT2D eigenvalue weighted by molar-refractivity contribution is 6.30. The van der Waals surface area contributed by atoms with Crippen LogP contribution in [0.3, 0.4) is 0 Å². The number of fused-ring (bicyclic) bond motifs is 1. The van der Waals surface area contributed by atoms with Crippen LogP contribution in [0, 0.1) is 0 Å². The van der Waals surface area contributed by atoms with Crippen molar-refractivity contribution in [2.24, 2.45) is 0 Å². The van der Waals surface area contributed by atoms with Gasteiger partial charge < -0.3 is 19.5 Å². The van der Waals surface area contributed by atoms with Crippen LogP contribution < -0.4 is 14.8 Å². The number of carbonyl (C=O) groups excluding carboxylic acids is 1. The van der Waals surface area contributed by atoms with Crippen LogP contribution in [0.2, 0.25) is 5.02 Å². The van der Waals surface area contributed by atoms with E-state index in [0.29, 0.717) is 47.0 Å². The van der Waals surface area contributed by atoms with E-state index in [1.807, 2.05) is 56.3 Å². The lowest BCUT2D eigenvalue weighted by Crippen LogP contribution is -2.29. The lowest BCUT2D eigenvalue weighted by atomic mass is 9.95. The molecule has 1 N–H and O–H groups in total. The van der Waals surface area contributed by atoms with E-state index in [1.54, 1.807) is 11.8 Å². The van der Waals surface area contributed by atoms with Gasteiger partial charge in [0.15, 0.2) is 11.5 Å². The first-order valence-electron chi connectivity index (χ1n) is 11.1. The van der Waals surface area contributed by atoms with Gasteiger partial charge in [-0.15, -0.1) is 0 Å². The largest absolute Gasteiger partial charge is 0.493 e. The summed E-state index contributed by atoms with van der Waals surface area (Å²) in [7, 11) is 1.58. The van der Waals surface area contributed by atoms with Gasteiger partial charge in [0, 0.05) is 10.7 Å². The number of unbranched alkanes of at least 4 members (excludes halogenated alkanes) is 1. The Balaban J connectivity index is 1.64. The summed E-state index contributed by atoms with van der Waals surface area (Å²) in [6.45, 7) is 4.59. The molecule has 4 rings (SSSR count). The molecule has 1 aliphatic rings. The molecule has 2 aromatic carbocycles. The number of allylic oxidation sites excluding steroid dienone is 1. The number of methoxy groups -OCH3 is 1. The van der Waals surface area contributed by atoms with Crippen LogP contribution in [0.5, 0.6) is 11.5 Å². The Bertz CT molecular complexity index is 1210. The van der Waals surface area contributed by atoms with Crippen molar-refractivity contribution >= 4 is 23.5 Å². The van der Waals surface area contributed by atoms with Gasteiger partial charge in [-0.3, -0.25) is 0 Å². The lowest BCUT2D eigenvalue weighted by Gasteiger charge is -2.28. The number of hydrogen-bond donors (Lipinski definition) is 1. The van der Waals surface area contributed by atoms with Crippen LogP contribution in [-0.2, 0) is 16.1 Å². The third-order valence-electron chi connectivity index (χ3n) is 5.53. The predicted molar refractivity (Wildman–Crippen MR) is 129 cm³/mol. The number of benzene rings is 2. The standard InChI is InChI=1S/C25H27ClN4O4/c1-4-5-11-33-24(31)22-16(2)29-25-27-15-28-30(25)23(22)18-9-10-20(21(13-18)32-3)34-14-17-7-6-8-19(26)12-17/h6-10,12-13,15,23H,4-5,11,14H2,1-3H3,(H,27,28,29). The molecule has 0 saturated heterocycles. The van der Waals surface area contributed by atoms with Crippen molar-refractivity contribution in [3.8, 4) is 11.5 Å². The predicted octanol–water partition coefficient (Wildman–Crippen LogP) is 5.15. The molecule has 1 unspecified atom stereocenters. The maximum absolute atomic E-state index is 13.1. The van der Waals surface area contributed by atoms with Crippen LogP contribution in [0.25, 0.3) is 0 Å². The Hall–Kier alpha value is -3.52. The molecule has 0 amide bonds. The van der Waals surface area contributed by atoms with E-state index in [4.69, 9.17) is 25.8 Å². The van der Waals surface area contributed by atoms with Gasteiger partial charge in [0.2, 0.25) is 5.95 Å². The molecule has 178 valence electrons. The summed E-state index contributed by atoms with van der Waals surface area (Å²) in [5, 5.41) is 8.15. The summed E-state index contributed by atoms with van der Waals surface area (Å²) in [4.78, 5) is 17.3. The number of aromatic nitrogens is 3. The zero-order valence-corrected chi connectivity index (χ0v) is 20.1. The van der Waals surface area contributed by atoms with E-state index in [-0.39, 0.29) is 5.97 Å². The molecule has 0 radical (unpaired) electrons. The molecule has 2 heterocycles. The first kappa shape index (κ1) is 23.6. The van der Waals surface area contributed by atoms with Crippen LogP contribution in [0.1, 0.15) is 43.9 Å². The average Bonchev–Trinajstić information content (AvgIpc) is 3.30. The van der Waals surface area contributed by atoms with Gasteiger partial charge in [0.05, 0.1) is 19.3 Å². The Morgan fingerprint density at radius 2 is 2.06 bits per heavy atom. The van der Waals surface area contributed by atoms with E-state index in [1.165, 1.54) is 6.33 Å². The summed E-state index contributed by atoms with van der Waals surface area (Å²) >= 11 is 6.07. The maximum Gasteiger partial charge on any atom is 0.338 e. The second kappa shape index (κ2) is 10.6. The van der Waals surface area contributed by atoms with Crippen molar-refractivity contribution in [1.29, 1.82) is 0 Å². The van der Waals surface area contributed by atoms with Crippen molar-refractivity contribution in [3.05, 3.63) is 76.2 Å². The van der Waals surface area contributed by atoms with Gasteiger partial charge in [-0.2, -0.15) is 10.1 Å². The highest BCUT2D eigenvalue weighted by Gasteiger charge is 2.34. The summed E-state index contributed by atoms with van der Waals surface area (Å²) in [6.07, 6.45) is 3.19. The minimum absolute atomic E-state index is 0.338. The zero-order chi connectivity index (χ0) is 24.1. The molecule has 0 bridgehead atoms. The van der Waals surface area contributed by atoms with Gasteiger partial charge >= 0.3 is 5.97 Å². The Kier molecular flexibility index (Phi) is 7.37. The number of esters is 1. The summed E-state index contributed by atoms with van der Waals surface area (Å²) in [6, 6.07) is 12.5. The quantitative estimate of drug-likeness (QED) is 0.333. The van der Waals surface area contributed by atoms with Gasteiger partial charge in [-0.25, -0.2) is 9.48 Å². The average molecular weight is 483 g/mol. The van der Waals surface area contributed by atoms with E-state index in [9.17, 15) is 4.79 Å². The second-order valence-electron chi connectivity index (χ2n) is 7.91. The monoisotopic (exact) mass is 482 g/mol. The number of ether oxygens (including phenoxy) is 3. The minimum atomic E-state index is -0.524. The van der Waals surface area contributed by atoms with Crippen LogP contribution in [0.15, 0.2) is 60.1 Å². The van der Waals surface area contributed by atoms with E-state index in [0.717, 1.165) is 24.0 Å². The fourth-order valence-electron chi connectivity index (χ4n) is 3.81. The smallest absolute Gasteiger partial charge is 0.338 e. The molecule has 1 aliphatic heterocycles. The molecule has 0 saturated carbocycles. The van der Waals surface area contributed by atoms with E-state index >= 15 is 0 Å². The topological polar surface area (TPSA) is 87.5 Å². The summed E-state index contributed by atoms with van der Waals surface area (Å²) < 4.78 is 18.8. The number of carbonyl (C=O) groups is 1. The zero-order valence-electron chi connectivity index (χ0n) is 19.4. The summed E-state index contributed by atoms with van der Waals surface area (Å²) in [5.74, 6) is 1.28. The van der Waals surface area contributed by atoms with Gasteiger partial charge in [-0.05, 0) is 48.7 Å². The fraction of sp³-hybridized carbons (Fsp3) is 0.320. The number of halogens is 1. The first-order chi connectivity index (χ1) is 16.5. The Labute approximate surface area is 203 Å². The van der Waals surface area contributed by atoms with Gasteiger partial charge in [0.25, 0.3) is 0 Å². The Morgan fingerprint density at radius 1 is 1.21 bits per heavy atom. The number of anilines is 1. The van der Waals surface area contributed by atoms with Crippen molar-refractivity contribution in [1.82, 2.24) is 14.8 Å². The number of rotatable bonds is 9. The number of nitrogens with zero attached hydrogens (tertiary/aromatic N) is 3. The van der Waals surface area contributed by atoms with Gasteiger partial charge in [-0.1, -0.05) is 43.1 Å². The van der Waals surface area contributed by atoms with Crippen molar-refractivity contribution in [2.75, 3.05) is 19.0 Å². The number of nitrogens with one attached hydrogen (secondary N) is 1. The van der Waals surface area contributed by atoms with Crippen molar-refractivity contribution in [3.63, 3.8) is 0 Å². The minimum Gasteiger partial charge on any atom is -0.493 e. The van der Waals surface area contributed by atoms with Crippen LogP contribution in [-0.4, -0.2) is 34.5 Å². The lowest BCUT2D eigenvalue weighted by molar-refractivity contribution is -0.139. The normalized spacial score (nSPS) is 14.9. The fourth-order valence-corrected chi connectivity index (χ4v) is 4.02. The molecule has 3 aromatic rings. The first-order valence-corrected chi connectivity index (χ1v) is 11.5. The second-order valence-corrected chi connectivity index (χ2v) is 8.35. The third kappa shape index (κ3) is 5.02. The highest BCUT2D eigenvalue weighted by Crippen LogP contribution is 2.39. The molecule has 34 heavy (non-hydrogen) atoms. The van der Waals surface area contributed by atoms with Gasteiger partial charge in [0.1, 0.15) is 19.0 Å². The molecule has 0 aliphatic carbocycles. The van der Waals surface area contributed by atoms with E-state index < -0.39 is 6.04 Å². The molecule has 0 fully saturated rings. The van der Waals surface area contributed by atoms with Crippen molar-refractivity contribution in [2.45, 2.75) is 39.3 Å². The molecule has 8 nitrogen and oxygen atoms in total. The SMILES string of the molecule is CCCCOC(=O)C1=C(C)Nc2ncnn2C1c1ccc(OCc2cccc(Cl)c2)c(OC)c1. The maximum atomic E-state index is 13.1. The van der Waals surface area contributed by atoms with Crippen LogP contribution in [0.4, 0.5) is 5.95 Å². The molecule has 1 aromatic heterocycles. The molecule has 1 atom stereocenters. The highest BCUT2D eigenvalue weighted by atomic mass is 35.5. The molecular weight excluding hydrogens is 456 g/mol. The van der Waals surface area contributed by atoms with Crippen molar-refractivity contribution < 1.29 is 19.0 Å². The molecular formula is C25H27ClN4O4.